The van der Waals surface area contributed by atoms with Crippen molar-refractivity contribution < 1.29 is 14.7 Å². The van der Waals surface area contributed by atoms with Crippen LogP contribution in [-0.4, -0.2) is 29.6 Å². The van der Waals surface area contributed by atoms with Crippen molar-refractivity contribution in [3.63, 3.8) is 0 Å². The van der Waals surface area contributed by atoms with Crippen LogP contribution in [0.1, 0.15) is 32.3 Å². The van der Waals surface area contributed by atoms with Crippen LogP contribution >= 0.6 is 0 Å². The van der Waals surface area contributed by atoms with Crippen LogP contribution in [0.2, 0.25) is 0 Å². The van der Waals surface area contributed by atoms with Gasteiger partial charge in [-0.3, -0.25) is 4.79 Å². The van der Waals surface area contributed by atoms with Gasteiger partial charge >= 0.3 is 5.97 Å². The number of nitrogens with two attached hydrogens (primary N) is 1. The van der Waals surface area contributed by atoms with Gasteiger partial charge in [0.15, 0.2) is 0 Å². The summed E-state index contributed by atoms with van der Waals surface area (Å²) in [6, 6.07) is 8.17. The van der Waals surface area contributed by atoms with E-state index < -0.39 is 23.3 Å². The summed E-state index contributed by atoms with van der Waals surface area (Å²) in [6.07, 6.45) is 0. The van der Waals surface area contributed by atoms with Crippen molar-refractivity contribution in [3.05, 3.63) is 35.9 Å². The van der Waals surface area contributed by atoms with Crippen molar-refractivity contribution >= 4 is 11.9 Å². The summed E-state index contributed by atoms with van der Waals surface area (Å²) in [6.45, 7) is 5.44. The fraction of sp³-hybridized carbons (Fsp3) is 0.467. The number of carboxylic acids is 1. The number of carboxylic acid groups (broad SMARTS) is 1. The molecule has 0 aliphatic rings. The molecule has 20 heavy (non-hydrogen) atoms. The summed E-state index contributed by atoms with van der Waals surface area (Å²) in [5, 5.41) is 11.8. The molecule has 0 fully saturated rings. The predicted molar refractivity (Wildman–Crippen MR) is 77.3 cm³/mol. The number of nitrogens with one attached hydrogen (secondary N) is 1. The summed E-state index contributed by atoms with van der Waals surface area (Å²) in [5.41, 5.74) is 5.87. The summed E-state index contributed by atoms with van der Waals surface area (Å²) in [5.74, 6) is -1.95. The average molecular weight is 278 g/mol. The lowest BCUT2D eigenvalue weighted by atomic mass is 9.86. The number of carbonyl (C=O) groups excluding carboxylic acids is 1. The summed E-state index contributed by atoms with van der Waals surface area (Å²) >= 11 is 0. The van der Waals surface area contributed by atoms with Crippen molar-refractivity contribution in [1.82, 2.24) is 5.32 Å². The van der Waals surface area contributed by atoms with Crippen molar-refractivity contribution in [3.8, 4) is 0 Å². The number of rotatable bonds is 5. The Labute approximate surface area is 119 Å². The second kappa shape index (κ2) is 6.52. The molecule has 1 rings (SSSR count). The second-order valence-corrected chi connectivity index (χ2v) is 5.84. The minimum Gasteiger partial charge on any atom is -0.480 e. The van der Waals surface area contributed by atoms with E-state index in [1.807, 2.05) is 30.3 Å². The molecule has 0 heterocycles. The molecule has 0 radical (unpaired) electrons. The SMILES string of the molecule is CC(C)(C)[C@H](NC(=O)C(CN)c1ccccc1)C(=O)O. The highest BCUT2D eigenvalue weighted by molar-refractivity contribution is 5.88. The van der Waals surface area contributed by atoms with Gasteiger partial charge in [-0.25, -0.2) is 4.79 Å². The zero-order valence-corrected chi connectivity index (χ0v) is 12.1. The number of aliphatic carboxylic acids is 1. The quantitative estimate of drug-likeness (QED) is 0.758. The van der Waals surface area contributed by atoms with Gasteiger partial charge in [0.05, 0.1) is 5.92 Å². The van der Waals surface area contributed by atoms with Gasteiger partial charge < -0.3 is 16.2 Å². The summed E-state index contributed by atoms with van der Waals surface area (Å²) in [7, 11) is 0. The molecule has 0 aromatic heterocycles. The number of hydrogen-bond donors (Lipinski definition) is 3. The number of hydrogen-bond acceptors (Lipinski definition) is 3. The molecular weight excluding hydrogens is 256 g/mol. The maximum Gasteiger partial charge on any atom is 0.326 e. The normalized spacial score (nSPS) is 14.4. The van der Waals surface area contributed by atoms with Crippen LogP contribution in [0.3, 0.4) is 0 Å². The molecule has 0 bridgehead atoms. The molecule has 5 nitrogen and oxygen atoms in total. The van der Waals surface area contributed by atoms with Gasteiger partial charge in [0.2, 0.25) is 5.91 Å². The van der Waals surface area contributed by atoms with Crippen LogP contribution < -0.4 is 11.1 Å². The zero-order chi connectivity index (χ0) is 15.3. The Kier molecular flexibility index (Phi) is 5.27. The minimum absolute atomic E-state index is 0.131. The van der Waals surface area contributed by atoms with Gasteiger partial charge in [0, 0.05) is 6.54 Å². The molecule has 0 saturated heterocycles. The number of carbonyl (C=O) groups is 2. The third-order valence-electron chi connectivity index (χ3n) is 3.15. The molecule has 1 amide bonds. The first-order valence-corrected chi connectivity index (χ1v) is 6.55. The monoisotopic (exact) mass is 278 g/mol. The Bertz CT molecular complexity index is 466. The fourth-order valence-corrected chi connectivity index (χ4v) is 1.97. The van der Waals surface area contributed by atoms with Crippen LogP contribution in [0.5, 0.6) is 0 Å². The molecule has 4 N–H and O–H groups in total. The Hall–Kier alpha value is -1.88. The largest absolute Gasteiger partial charge is 0.480 e. The second-order valence-electron chi connectivity index (χ2n) is 5.84. The van der Waals surface area contributed by atoms with Crippen molar-refractivity contribution in [2.45, 2.75) is 32.7 Å². The van der Waals surface area contributed by atoms with Gasteiger partial charge in [-0.1, -0.05) is 51.1 Å². The van der Waals surface area contributed by atoms with Crippen molar-refractivity contribution in [2.75, 3.05) is 6.54 Å². The summed E-state index contributed by atoms with van der Waals surface area (Å²) in [4.78, 5) is 23.6. The van der Waals surface area contributed by atoms with E-state index in [9.17, 15) is 14.7 Å². The van der Waals surface area contributed by atoms with E-state index in [0.717, 1.165) is 5.56 Å². The number of benzene rings is 1. The molecule has 1 unspecified atom stereocenters. The Balaban J connectivity index is 2.90. The van der Waals surface area contributed by atoms with E-state index in [1.54, 1.807) is 20.8 Å². The Morgan fingerprint density at radius 2 is 1.80 bits per heavy atom. The highest BCUT2D eigenvalue weighted by Crippen LogP contribution is 2.21. The molecule has 2 atom stereocenters. The fourth-order valence-electron chi connectivity index (χ4n) is 1.97. The lowest BCUT2D eigenvalue weighted by Crippen LogP contribution is -2.51. The Morgan fingerprint density at radius 3 is 2.20 bits per heavy atom. The maximum absolute atomic E-state index is 12.3. The van der Waals surface area contributed by atoms with E-state index in [2.05, 4.69) is 5.32 Å². The predicted octanol–water partition coefficient (Wildman–Crippen LogP) is 1.34. The Morgan fingerprint density at radius 1 is 1.25 bits per heavy atom. The third-order valence-corrected chi connectivity index (χ3v) is 3.15. The van der Waals surface area contributed by atoms with Gasteiger partial charge in [0.25, 0.3) is 0 Å². The highest BCUT2D eigenvalue weighted by atomic mass is 16.4. The first-order valence-electron chi connectivity index (χ1n) is 6.55. The van der Waals surface area contributed by atoms with E-state index >= 15 is 0 Å². The molecule has 5 heteroatoms. The van der Waals surface area contributed by atoms with Crippen LogP contribution in [-0.2, 0) is 9.59 Å². The molecule has 0 saturated carbocycles. The molecule has 0 aliphatic heterocycles. The van der Waals surface area contributed by atoms with Crippen molar-refractivity contribution in [1.29, 1.82) is 0 Å². The minimum atomic E-state index is -1.05. The van der Waals surface area contributed by atoms with E-state index in [0.29, 0.717) is 0 Å². The van der Waals surface area contributed by atoms with Gasteiger partial charge in [-0.05, 0) is 11.0 Å². The lowest BCUT2D eigenvalue weighted by Gasteiger charge is -2.29. The molecule has 1 aromatic carbocycles. The van der Waals surface area contributed by atoms with Crippen LogP contribution in [0, 0.1) is 5.41 Å². The molecule has 0 aliphatic carbocycles. The smallest absolute Gasteiger partial charge is 0.326 e. The first kappa shape index (κ1) is 16.2. The highest BCUT2D eigenvalue weighted by Gasteiger charge is 2.34. The first-order chi connectivity index (χ1) is 9.27. The van der Waals surface area contributed by atoms with Crippen LogP contribution in [0.15, 0.2) is 30.3 Å². The van der Waals surface area contributed by atoms with Gasteiger partial charge in [-0.2, -0.15) is 0 Å². The van der Waals surface area contributed by atoms with Gasteiger partial charge in [0.1, 0.15) is 6.04 Å². The van der Waals surface area contributed by atoms with Crippen LogP contribution in [0.4, 0.5) is 0 Å². The molecule has 0 spiro atoms. The number of amides is 1. The van der Waals surface area contributed by atoms with E-state index in [4.69, 9.17) is 5.73 Å². The standard InChI is InChI=1S/C15H22N2O3/c1-15(2,3)12(14(19)20)17-13(18)11(9-16)10-7-5-4-6-8-10/h4-8,11-12H,9,16H2,1-3H3,(H,17,18)(H,19,20)/t11?,12-/m1/s1. The zero-order valence-electron chi connectivity index (χ0n) is 12.1. The van der Waals surface area contributed by atoms with Crippen molar-refractivity contribution in [2.24, 2.45) is 11.1 Å². The molecule has 1 aromatic rings. The third kappa shape index (κ3) is 4.06. The topological polar surface area (TPSA) is 92.4 Å². The molecular formula is C15H22N2O3. The average Bonchev–Trinajstić information content (AvgIpc) is 2.36. The van der Waals surface area contributed by atoms with E-state index in [-0.39, 0.29) is 12.5 Å². The van der Waals surface area contributed by atoms with Gasteiger partial charge in [-0.15, -0.1) is 0 Å². The van der Waals surface area contributed by atoms with E-state index in [1.165, 1.54) is 0 Å². The molecule has 110 valence electrons. The van der Waals surface area contributed by atoms with Crippen LogP contribution in [0.25, 0.3) is 0 Å². The maximum atomic E-state index is 12.3. The summed E-state index contributed by atoms with van der Waals surface area (Å²) < 4.78 is 0. The lowest BCUT2D eigenvalue weighted by molar-refractivity contribution is -0.145.